The van der Waals surface area contributed by atoms with Gasteiger partial charge in [0.15, 0.2) is 5.69 Å². The van der Waals surface area contributed by atoms with Gasteiger partial charge in [0.25, 0.3) is 5.91 Å². The van der Waals surface area contributed by atoms with Gasteiger partial charge in [-0.15, -0.1) is 0 Å². The second kappa shape index (κ2) is 8.39. The summed E-state index contributed by atoms with van der Waals surface area (Å²) in [6, 6.07) is 16.0. The number of carbonyl (C=O) groups is 2. The van der Waals surface area contributed by atoms with Crippen LogP contribution in [0.25, 0.3) is 0 Å². The maximum atomic E-state index is 12.4. The molecule has 1 atom stereocenters. The lowest BCUT2D eigenvalue weighted by molar-refractivity contribution is 0.0934. The molecule has 3 rings (SSSR count). The molecule has 0 unspecified atom stereocenters. The molecule has 7 nitrogen and oxygen atoms in total. The van der Waals surface area contributed by atoms with E-state index in [0.29, 0.717) is 11.4 Å². The minimum absolute atomic E-state index is 0.198. The van der Waals surface area contributed by atoms with Crippen LogP contribution in [0.3, 0.4) is 0 Å². The zero-order valence-corrected chi connectivity index (χ0v) is 16.0. The van der Waals surface area contributed by atoms with Crippen molar-refractivity contribution >= 4 is 23.3 Å². The number of hydrogen-bond acceptors (Lipinski definition) is 3. The molecule has 0 bridgehead atoms. The maximum Gasteiger partial charge on any atom is 0.323 e. The summed E-state index contributed by atoms with van der Waals surface area (Å²) in [5.74, 6) is -0.223. The number of rotatable bonds is 5. The predicted molar refractivity (Wildman–Crippen MR) is 109 cm³/mol. The number of nitrogens with zero attached hydrogens (tertiary/aromatic N) is 1. The van der Waals surface area contributed by atoms with Gasteiger partial charge in [-0.1, -0.05) is 30.3 Å². The van der Waals surface area contributed by atoms with Crippen LogP contribution in [0.1, 0.15) is 40.3 Å². The highest BCUT2D eigenvalue weighted by Gasteiger charge is 2.17. The molecule has 1 heterocycles. The summed E-state index contributed by atoms with van der Waals surface area (Å²) in [5, 5.41) is 15.4. The molecule has 144 valence electrons. The summed E-state index contributed by atoms with van der Waals surface area (Å²) in [7, 11) is 0. The first kappa shape index (κ1) is 19.2. The van der Waals surface area contributed by atoms with Crippen molar-refractivity contribution in [1.82, 2.24) is 15.5 Å². The smallest absolute Gasteiger partial charge is 0.323 e. The standard InChI is InChI=1S/C21H23N5O2/c1-13-14(2)25-26-19(13)20(27)22-15(3)16-9-11-18(12-10-16)24-21(28)23-17-7-5-4-6-8-17/h4-12,15H,1-3H3,(H,22,27)(H,25,26)(H2,23,24,28)/t15-/m1/s1. The largest absolute Gasteiger partial charge is 0.344 e. The van der Waals surface area contributed by atoms with Crippen molar-refractivity contribution in [3.8, 4) is 0 Å². The van der Waals surface area contributed by atoms with Gasteiger partial charge in [0.05, 0.1) is 6.04 Å². The fourth-order valence-corrected chi connectivity index (χ4v) is 2.72. The fourth-order valence-electron chi connectivity index (χ4n) is 2.72. The Morgan fingerprint density at radius 3 is 2.11 bits per heavy atom. The van der Waals surface area contributed by atoms with Gasteiger partial charge < -0.3 is 16.0 Å². The van der Waals surface area contributed by atoms with Gasteiger partial charge in [0.2, 0.25) is 0 Å². The predicted octanol–water partition coefficient (Wildman–Crippen LogP) is 4.16. The highest BCUT2D eigenvalue weighted by Crippen LogP contribution is 2.18. The van der Waals surface area contributed by atoms with E-state index in [-0.39, 0.29) is 18.0 Å². The quantitative estimate of drug-likeness (QED) is 0.537. The van der Waals surface area contributed by atoms with E-state index in [1.165, 1.54) is 0 Å². The monoisotopic (exact) mass is 377 g/mol. The van der Waals surface area contributed by atoms with Crippen LogP contribution in [-0.4, -0.2) is 22.1 Å². The molecule has 1 aromatic heterocycles. The summed E-state index contributed by atoms with van der Waals surface area (Å²) in [5.41, 5.74) is 4.43. The Bertz CT molecular complexity index is 964. The summed E-state index contributed by atoms with van der Waals surface area (Å²) < 4.78 is 0. The highest BCUT2D eigenvalue weighted by molar-refractivity contribution is 5.99. The highest BCUT2D eigenvalue weighted by atomic mass is 16.2. The molecule has 3 amide bonds. The first-order chi connectivity index (χ1) is 13.4. The molecule has 3 aromatic rings. The van der Waals surface area contributed by atoms with Gasteiger partial charge in [0.1, 0.15) is 0 Å². The summed E-state index contributed by atoms with van der Waals surface area (Å²) in [6.45, 7) is 5.64. The van der Waals surface area contributed by atoms with Gasteiger partial charge in [0, 0.05) is 22.6 Å². The van der Waals surface area contributed by atoms with Crippen LogP contribution in [0.5, 0.6) is 0 Å². The Kier molecular flexibility index (Phi) is 5.74. The number of benzene rings is 2. The van der Waals surface area contributed by atoms with E-state index in [1.807, 2.05) is 63.2 Å². The minimum atomic E-state index is -0.315. The third-order valence-electron chi connectivity index (χ3n) is 4.52. The maximum absolute atomic E-state index is 12.4. The average Bonchev–Trinajstić information content (AvgIpc) is 3.02. The number of para-hydroxylation sites is 1. The van der Waals surface area contributed by atoms with Gasteiger partial charge in [-0.3, -0.25) is 9.89 Å². The number of aromatic nitrogens is 2. The van der Waals surface area contributed by atoms with E-state index in [0.717, 1.165) is 22.5 Å². The van der Waals surface area contributed by atoms with Crippen LogP contribution in [0, 0.1) is 13.8 Å². The molecule has 7 heteroatoms. The van der Waals surface area contributed by atoms with Crippen LogP contribution < -0.4 is 16.0 Å². The molecule has 0 saturated heterocycles. The van der Waals surface area contributed by atoms with Crippen molar-refractivity contribution in [3.63, 3.8) is 0 Å². The number of anilines is 2. The third kappa shape index (κ3) is 4.56. The lowest BCUT2D eigenvalue weighted by Crippen LogP contribution is -2.27. The fraction of sp³-hybridized carbons (Fsp3) is 0.190. The third-order valence-corrected chi connectivity index (χ3v) is 4.52. The average molecular weight is 377 g/mol. The zero-order chi connectivity index (χ0) is 20.1. The van der Waals surface area contributed by atoms with Crippen LogP contribution in [-0.2, 0) is 0 Å². The number of aromatic amines is 1. The van der Waals surface area contributed by atoms with E-state index in [1.54, 1.807) is 12.1 Å². The van der Waals surface area contributed by atoms with E-state index in [2.05, 4.69) is 26.1 Å². The molecule has 0 fully saturated rings. The van der Waals surface area contributed by atoms with Crippen molar-refractivity contribution in [1.29, 1.82) is 0 Å². The van der Waals surface area contributed by atoms with Crippen molar-refractivity contribution in [2.75, 3.05) is 10.6 Å². The summed E-state index contributed by atoms with van der Waals surface area (Å²) in [4.78, 5) is 24.4. The molecular formula is C21H23N5O2. The van der Waals surface area contributed by atoms with Crippen LogP contribution in [0.15, 0.2) is 54.6 Å². The number of amides is 3. The topological polar surface area (TPSA) is 98.9 Å². The Labute approximate surface area is 163 Å². The molecule has 28 heavy (non-hydrogen) atoms. The van der Waals surface area contributed by atoms with Crippen LogP contribution in [0.4, 0.5) is 16.2 Å². The number of hydrogen-bond donors (Lipinski definition) is 4. The number of aryl methyl sites for hydroxylation is 1. The number of H-pyrrole nitrogens is 1. The summed E-state index contributed by atoms with van der Waals surface area (Å²) in [6.07, 6.45) is 0. The van der Waals surface area contributed by atoms with Gasteiger partial charge >= 0.3 is 6.03 Å². The number of carbonyl (C=O) groups excluding carboxylic acids is 2. The molecule has 0 aliphatic carbocycles. The van der Waals surface area contributed by atoms with Gasteiger partial charge in [-0.05, 0) is 50.6 Å². The molecule has 4 N–H and O–H groups in total. The van der Waals surface area contributed by atoms with Crippen molar-refractivity contribution < 1.29 is 9.59 Å². The van der Waals surface area contributed by atoms with Crippen molar-refractivity contribution in [2.24, 2.45) is 0 Å². The molecule has 0 spiro atoms. The first-order valence-electron chi connectivity index (χ1n) is 8.99. The van der Waals surface area contributed by atoms with E-state index >= 15 is 0 Å². The molecule has 2 aromatic carbocycles. The van der Waals surface area contributed by atoms with E-state index in [9.17, 15) is 9.59 Å². The Balaban J connectivity index is 1.58. The Morgan fingerprint density at radius 1 is 0.929 bits per heavy atom. The zero-order valence-electron chi connectivity index (χ0n) is 16.0. The van der Waals surface area contributed by atoms with Crippen LogP contribution in [0.2, 0.25) is 0 Å². The van der Waals surface area contributed by atoms with Gasteiger partial charge in [-0.2, -0.15) is 5.10 Å². The first-order valence-corrected chi connectivity index (χ1v) is 8.99. The molecular weight excluding hydrogens is 354 g/mol. The van der Waals surface area contributed by atoms with E-state index < -0.39 is 0 Å². The lowest BCUT2D eigenvalue weighted by atomic mass is 10.1. The SMILES string of the molecule is Cc1[nH]nc(C(=O)N[C@H](C)c2ccc(NC(=O)Nc3ccccc3)cc2)c1C. The summed E-state index contributed by atoms with van der Waals surface area (Å²) >= 11 is 0. The molecule has 0 saturated carbocycles. The lowest BCUT2D eigenvalue weighted by Gasteiger charge is -2.15. The van der Waals surface area contributed by atoms with Crippen LogP contribution >= 0.6 is 0 Å². The molecule has 0 aliphatic heterocycles. The molecule has 0 aliphatic rings. The minimum Gasteiger partial charge on any atom is -0.344 e. The van der Waals surface area contributed by atoms with Gasteiger partial charge in [-0.25, -0.2) is 4.79 Å². The Hall–Kier alpha value is -3.61. The van der Waals surface area contributed by atoms with Crippen molar-refractivity contribution in [3.05, 3.63) is 77.1 Å². The van der Waals surface area contributed by atoms with E-state index in [4.69, 9.17) is 0 Å². The number of urea groups is 1. The van der Waals surface area contributed by atoms with Crippen molar-refractivity contribution in [2.45, 2.75) is 26.8 Å². The Morgan fingerprint density at radius 2 is 1.54 bits per heavy atom. The number of nitrogens with one attached hydrogen (secondary N) is 4. The normalized spacial score (nSPS) is 11.5. The molecule has 0 radical (unpaired) electrons. The second-order valence-corrected chi connectivity index (χ2v) is 6.58. The second-order valence-electron chi connectivity index (χ2n) is 6.58.